The van der Waals surface area contributed by atoms with Crippen LogP contribution >= 0.6 is 0 Å². The lowest BCUT2D eigenvalue weighted by atomic mass is 10.1. The van der Waals surface area contributed by atoms with Gasteiger partial charge in [0.15, 0.2) is 0 Å². The summed E-state index contributed by atoms with van der Waals surface area (Å²) in [5.41, 5.74) is 0.805. The fourth-order valence-electron chi connectivity index (χ4n) is 1.88. The molecule has 1 aromatic rings. The highest BCUT2D eigenvalue weighted by Gasteiger charge is 2.10. The van der Waals surface area contributed by atoms with Gasteiger partial charge in [0.1, 0.15) is 0 Å². The van der Waals surface area contributed by atoms with Crippen molar-refractivity contribution in [3.63, 3.8) is 0 Å². The van der Waals surface area contributed by atoms with Gasteiger partial charge in [0.25, 0.3) is 0 Å². The summed E-state index contributed by atoms with van der Waals surface area (Å²) < 4.78 is 26.0. The van der Waals surface area contributed by atoms with Crippen LogP contribution in [0.15, 0.2) is 35.7 Å². The lowest BCUT2D eigenvalue weighted by molar-refractivity contribution is -0.121. The minimum Gasteiger partial charge on any atom is -0.353 e. The number of carbonyl (C=O) groups is 1. The maximum absolute atomic E-state index is 11.8. The minimum atomic E-state index is -3.53. The van der Waals surface area contributed by atoms with Crippen molar-refractivity contribution in [3.05, 3.63) is 41.3 Å². The van der Waals surface area contributed by atoms with Crippen molar-refractivity contribution in [1.29, 1.82) is 0 Å². The Morgan fingerprint density at radius 1 is 1.18 bits per heavy atom. The lowest BCUT2D eigenvalue weighted by Gasteiger charge is -2.14. The maximum Gasteiger partial charge on any atom is 0.233 e. The topological polar surface area (TPSA) is 75.3 Å². The van der Waals surface area contributed by atoms with Crippen LogP contribution in [0.1, 0.15) is 38.7 Å². The number of sulfonamides is 1. The first-order valence-electron chi connectivity index (χ1n) is 7.49. The zero-order valence-electron chi connectivity index (χ0n) is 13.1. The number of hydrogen-bond acceptors (Lipinski definition) is 3. The van der Waals surface area contributed by atoms with Gasteiger partial charge in [-0.05, 0) is 24.5 Å². The van der Waals surface area contributed by atoms with Crippen LogP contribution in [0, 0.1) is 0 Å². The second kappa shape index (κ2) is 9.38. The summed E-state index contributed by atoms with van der Waals surface area (Å²) >= 11 is 0. The molecule has 0 aliphatic rings. The molecule has 6 heteroatoms. The zero-order chi connectivity index (χ0) is 16.4. The zero-order valence-corrected chi connectivity index (χ0v) is 13.9. The van der Waals surface area contributed by atoms with Crippen LogP contribution < -0.4 is 10.0 Å². The van der Waals surface area contributed by atoms with Gasteiger partial charge < -0.3 is 5.32 Å². The fourth-order valence-corrected chi connectivity index (χ4v) is 2.70. The summed E-state index contributed by atoms with van der Waals surface area (Å²) in [7, 11) is -3.53. The van der Waals surface area contributed by atoms with Crippen LogP contribution in [0.25, 0.3) is 6.08 Å². The van der Waals surface area contributed by atoms with Crippen molar-refractivity contribution >= 4 is 22.0 Å². The number of rotatable bonds is 9. The third kappa shape index (κ3) is 7.38. The number of carbonyl (C=O) groups excluding carboxylic acids is 1. The molecule has 1 rings (SSSR count). The Morgan fingerprint density at radius 3 is 2.41 bits per heavy atom. The monoisotopic (exact) mass is 324 g/mol. The quantitative estimate of drug-likeness (QED) is 0.732. The third-order valence-corrected chi connectivity index (χ3v) is 4.35. The number of benzene rings is 1. The number of hydrogen-bond donors (Lipinski definition) is 2. The Hall–Kier alpha value is -1.66. The first-order chi connectivity index (χ1) is 10.5. The van der Waals surface area contributed by atoms with Crippen molar-refractivity contribution in [2.75, 3.05) is 6.54 Å². The Kier molecular flexibility index (Phi) is 7.84. The van der Waals surface area contributed by atoms with Crippen molar-refractivity contribution in [1.82, 2.24) is 10.0 Å². The van der Waals surface area contributed by atoms with E-state index < -0.39 is 10.0 Å². The Labute approximate surface area is 132 Å². The van der Waals surface area contributed by atoms with Crippen LogP contribution in [0.3, 0.4) is 0 Å². The number of amides is 1. The maximum atomic E-state index is 11.8. The molecule has 0 aliphatic heterocycles. The van der Waals surface area contributed by atoms with E-state index in [9.17, 15) is 13.2 Å². The Balaban J connectivity index is 2.40. The van der Waals surface area contributed by atoms with Gasteiger partial charge >= 0.3 is 0 Å². The van der Waals surface area contributed by atoms with Gasteiger partial charge in [0.2, 0.25) is 15.9 Å². The standard InChI is InChI=1S/C16H24N2O3S/c1-3-15(4-2)18-16(19)10-12-17-22(20,21)13-11-14-8-6-5-7-9-14/h5-9,11,13,15,17H,3-4,10,12H2,1-2H3,(H,18,19)/b13-11+. The molecule has 0 bridgehead atoms. The van der Waals surface area contributed by atoms with E-state index in [1.54, 1.807) is 0 Å². The van der Waals surface area contributed by atoms with Gasteiger partial charge in [-0.25, -0.2) is 13.1 Å². The lowest BCUT2D eigenvalue weighted by Crippen LogP contribution is -2.36. The average molecular weight is 324 g/mol. The summed E-state index contributed by atoms with van der Waals surface area (Å²) in [6, 6.07) is 9.32. The summed E-state index contributed by atoms with van der Waals surface area (Å²) in [6.07, 6.45) is 3.39. The average Bonchev–Trinajstić information content (AvgIpc) is 2.51. The van der Waals surface area contributed by atoms with E-state index in [4.69, 9.17) is 0 Å². The Bertz CT molecular complexity index is 579. The summed E-state index contributed by atoms with van der Waals surface area (Å²) in [5.74, 6) is -0.136. The molecule has 5 nitrogen and oxygen atoms in total. The van der Waals surface area contributed by atoms with Crippen LogP contribution in [-0.4, -0.2) is 26.9 Å². The van der Waals surface area contributed by atoms with E-state index in [0.29, 0.717) is 0 Å². The van der Waals surface area contributed by atoms with Gasteiger partial charge in [0, 0.05) is 24.4 Å². The molecular formula is C16H24N2O3S. The van der Waals surface area contributed by atoms with Crippen molar-refractivity contribution in [2.45, 2.75) is 39.2 Å². The third-order valence-electron chi connectivity index (χ3n) is 3.25. The normalized spacial score (nSPS) is 12.0. The largest absolute Gasteiger partial charge is 0.353 e. The summed E-state index contributed by atoms with van der Waals surface area (Å²) in [5, 5.41) is 3.98. The molecule has 0 saturated carbocycles. The van der Waals surface area contributed by atoms with E-state index in [0.717, 1.165) is 23.8 Å². The van der Waals surface area contributed by atoms with Gasteiger partial charge in [0.05, 0.1) is 0 Å². The second-order valence-corrected chi connectivity index (χ2v) is 6.63. The van der Waals surface area contributed by atoms with Crippen LogP contribution in [-0.2, 0) is 14.8 Å². The molecule has 0 unspecified atom stereocenters. The second-order valence-electron chi connectivity index (χ2n) is 4.98. The van der Waals surface area contributed by atoms with E-state index >= 15 is 0 Å². The van der Waals surface area contributed by atoms with Crippen LogP contribution in [0.4, 0.5) is 0 Å². The molecule has 1 amide bonds. The van der Waals surface area contributed by atoms with Crippen molar-refractivity contribution < 1.29 is 13.2 Å². The highest BCUT2D eigenvalue weighted by Crippen LogP contribution is 2.02. The summed E-state index contributed by atoms with van der Waals surface area (Å²) in [4.78, 5) is 11.7. The van der Waals surface area contributed by atoms with Crippen molar-refractivity contribution in [3.8, 4) is 0 Å². The molecule has 2 N–H and O–H groups in total. The SMILES string of the molecule is CCC(CC)NC(=O)CCNS(=O)(=O)/C=C/c1ccccc1. The smallest absolute Gasteiger partial charge is 0.233 e. The highest BCUT2D eigenvalue weighted by atomic mass is 32.2. The molecule has 122 valence electrons. The molecule has 0 aromatic heterocycles. The molecule has 0 spiro atoms. The van der Waals surface area contributed by atoms with E-state index in [-0.39, 0.29) is 24.9 Å². The molecule has 0 aliphatic carbocycles. The van der Waals surface area contributed by atoms with E-state index in [2.05, 4.69) is 10.0 Å². The highest BCUT2D eigenvalue weighted by molar-refractivity contribution is 7.92. The molecule has 0 heterocycles. The van der Waals surface area contributed by atoms with Gasteiger partial charge in [-0.3, -0.25) is 4.79 Å². The first-order valence-corrected chi connectivity index (χ1v) is 9.03. The predicted molar refractivity (Wildman–Crippen MR) is 89.5 cm³/mol. The van der Waals surface area contributed by atoms with Crippen LogP contribution in [0.5, 0.6) is 0 Å². The molecule has 0 atom stereocenters. The van der Waals surface area contributed by atoms with Crippen molar-refractivity contribution in [2.24, 2.45) is 0 Å². The number of nitrogens with one attached hydrogen (secondary N) is 2. The minimum absolute atomic E-state index is 0.0907. The van der Waals surface area contributed by atoms with E-state index in [1.807, 2.05) is 44.2 Å². The Morgan fingerprint density at radius 2 is 1.82 bits per heavy atom. The molecule has 22 heavy (non-hydrogen) atoms. The fraction of sp³-hybridized carbons (Fsp3) is 0.438. The molecule has 0 fully saturated rings. The molecule has 0 radical (unpaired) electrons. The molecular weight excluding hydrogens is 300 g/mol. The molecule has 0 saturated heterocycles. The molecule has 1 aromatic carbocycles. The van der Waals surface area contributed by atoms with Crippen LogP contribution in [0.2, 0.25) is 0 Å². The predicted octanol–water partition coefficient (Wildman–Crippen LogP) is 2.27. The van der Waals surface area contributed by atoms with Gasteiger partial charge in [-0.2, -0.15) is 0 Å². The van der Waals surface area contributed by atoms with Gasteiger partial charge in [-0.15, -0.1) is 0 Å². The van der Waals surface area contributed by atoms with E-state index in [1.165, 1.54) is 6.08 Å². The summed E-state index contributed by atoms with van der Waals surface area (Å²) in [6.45, 7) is 4.10. The van der Waals surface area contributed by atoms with Gasteiger partial charge in [-0.1, -0.05) is 44.2 Å². The first kappa shape index (κ1) is 18.4.